The lowest BCUT2D eigenvalue weighted by atomic mass is 10.3. The normalized spacial score (nSPS) is 10.5. The van der Waals surface area contributed by atoms with Crippen LogP contribution in [0, 0.1) is 20.2 Å². The number of hydrogen-bond acceptors (Lipinski definition) is 8. The molecule has 1 N–H and O–H groups in total. The molecule has 25 heavy (non-hydrogen) atoms. The van der Waals surface area contributed by atoms with Crippen LogP contribution in [0.4, 0.5) is 11.4 Å². The Labute approximate surface area is 162 Å². The molecular weight excluding hydrogens is 423 g/mol. The van der Waals surface area contributed by atoms with Crippen molar-refractivity contribution in [3.05, 3.63) is 68.8 Å². The summed E-state index contributed by atoms with van der Waals surface area (Å²) in [5.74, 6) is 0. The van der Waals surface area contributed by atoms with E-state index >= 15 is 0 Å². The first kappa shape index (κ1) is 21.9. The molecule has 7 nitrogen and oxygen atoms in total. The number of aliphatic hydroxyl groups excluding tert-OH is 1. The molecule has 0 spiro atoms. The minimum atomic E-state index is -2.19. The fraction of sp³-hybridized carbons (Fsp3) is 0.0769. The van der Waals surface area contributed by atoms with Crippen molar-refractivity contribution in [3.8, 4) is 0 Å². The van der Waals surface area contributed by atoms with Crippen molar-refractivity contribution in [1.29, 1.82) is 0 Å². The molecule has 0 fully saturated rings. The van der Waals surface area contributed by atoms with Crippen LogP contribution in [-0.4, -0.2) is 22.1 Å². The Bertz CT molecular complexity index is 723. The predicted octanol–water partition coefficient (Wildman–Crippen LogP) is 5.15. The predicted molar refractivity (Wildman–Crippen MR) is 109 cm³/mol. The molecule has 0 amide bonds. The molecule has 0 radical (unpaired) electrons. The molecular formula is C13H13N2O5PS4. The molecule has 0 heterocycles. The first-order valence-corrected chi connectivity index (χ1v) is 13.2. The van der Waals surface area contributed by atoms with Crippen molar-refractivity contribution in [3.63, 3.8) is 0 Å². The number of nitro groups is 2. The molecule has 0 saturated heterocycles. The molecule has 0 aromatic heterocycles. The average Bonchev–Trinajstić information content (AvgIpc) is 2.57. The smallest absolute Gasteiger partial charge is 0.269 e. The Balaban J connectivity index is 0.00000151. The summed E-state index contributed by atoms with van der Waals surface area (Å²) < 4.78 is -2.19. The highest BCUT2D eigenvalue weighted by Crippen LogP contribution is 2.77. The van der Waals surface area contributed by atoms with Gasteiger partial charge in [0, 0.05) is 41.2 Å². The number of thiol groups is 1. The summed E-state index contributed by atoms with van der Waals surface area (Å²) in [6.07, 6.45) is 0. The third-order valence-electron chi connectivity index (χ3n) is 2.54. The molecule has 0 atom stereocenters. The monoisotopic (exact) mass is 436 g/mol. The molecule has 0 aliphatic rings. The summed E-state index contributed by atoms with van der Waals surface area (Å²) in [6.45, 7) is 0. The molecule has 0 unspecified atom stereocenters. The van der Waals surface area contributed by atoms with Crippen LogP contribution < -0.4 is 0 Å². The molecule has 0 saturated carbocycles. The minimum absolute atomic E-state index is 0.0184. The van der Waals surface area contributed by atoms with Gasteiger partial charge in [0.15, 0.2) is 0 Å². The van der Waals surface area contributed by atoms with Gasteiger partial charge in [-0.3, -0.25) is 20.2 Å². The van der Waals surface area contributed by atoms with E-state index in [0.29, 0.717) is 0 Å². The van der Waals surface area contributed by atoms with E-state index < -0.39 is 13.5 Å². The number of nitro benzene ring substituents is 2. The number of non-ortho nitro benzene ring substituents is 2. The van der Waals surface area contributed by atoms with Crippen LogP contribution >= 0.6 is 38.7 Å². The first-order chi connectivity index (χ1) is 11.8. The van der Waals surface area contributed by atoms with Crippen LogP contribution in [0.25, 0.3) is 0 Å². The Morgan fingerprint density at radius 2 is 1.16 bits per heavy atom. The van der Waals surface area contributed by atoms with Crippen LogP contribution in [0.15, 0.2) is 58.3 Å². The zero-order valence-electron chi connectivity index (χ0n) is 12.7. The van der Waals surface area contributed by atoms with Crippen molar-refractivity contribution in [2.75, 3.05) is 7.11 Å². The van der Waals surface area contributed by atoms with Gasteiger partial charge < -0.3 is 5.11 Å². The van der Waals surface area contributed by atoms with Crippen molar-refractivity contribution in [2.45, 2.75) is 9.79 Å². The Morgan fingerprint density at radius 1 is 0.880 bits per heavy atom. The number of hydrogen-bond donors (Lipinski definition) is 2. The second-order valence-electron chi connectivity index (χ2n) is 4.15. The van der Waals surface area contributed by atoms with Crippen LogP contribution in [-0.2, 0) is 11.8 Å². The largest absolute Gasteiger partial charge is 0.400 e. The van der Waals surface area contributed by atoms with Crippen LogP contribution in [0.2, 0.25) is 0 Å². The standard InChI is InChI=1S/C12H9N2O4PS4.CH4O/c15-13(16)9-1-5-11(6-2-9)22-19(20,21)23-12-7-3-10(4-8-12)14(17)18;1-2/h1-8H,(H,20,21);2H,1H3. The van der Waals surface area contributed by atoms with Crippen molar-refractivity contribution in [1.82, 2.24) is 0 Å². The second kappa shape index (κ2) is 10.1. The van der Waals surface area contributed by atoms with E-state index in [1.54, 1.807) is 24.3 Å². The van der Waals surface area contributed by atoms with E-state index in [9.17, 15) is 20.2 Å². The maximum absolute atomic E-state index is 10.6. The van der Waals surface area contributed by atoms with Gasteiger partial charge in [-0.2, -0.15) is 0 Å². The Kier molecular flexibility index (Phi) is 8.91. The van der Waals surface area contributed by atoms with Gasteiger partial charge in [0.25, 0.3) is 11.4 Å². The van der Waals surface area contributed by atoms with Crippen molar-refractivity contribution < 1.29 is 15.0 Å². The summed E-state index contributed by atoms with van der Waals surface area (Å²) in [4.78, 5) is 21.9. The van der Waals surface area contributed by atoms with E-state index in [4.69, 9.17) is 16.9 Å². The van der Waals surface area contributed by atoms with Crippen LogP contribution in [0.3, 0.4) is 0 Å². The average molecular weight is 436 g/mol. The minimum Gasteiger partial charge on any atom is -0.400 e. The van der Waals surface area contributed by atoms with E-state index in [1.807, 2.05) is 0 Å². The molecule has 0 aliphatic heterocycles. The number of nitrogens with zero attached hydrogens (tertiary/aromatic N) is 2. The van der Waals surface area contributed by atoms with E-state index in [1.165, 1.54) is 47.0 Å². The molecule has 2 rings (SSSR count). The van der Waals surface area contributed by atoms with Crippen molar-refractivity contribution >= 4 is 61.8 Å². The summed E-state index contributed by atoms with van der Waals surface area (Å²) in [5.41, 5.74) is 0.0367. The highest BCUT2D eigenvalue weighted by molar-refractivity contribution is 9.20. The van der Waals surface area contributed by atoms with Gasteiger partial charge in [-0.1, -0.05) is 34.6 Å². The van der Waals surface area contributed by atoms with E-state index in [-0.39, 0.29) is 11.4 Å². The first-order valence-electron chi connectivity index (χ1n) is 6.42. The Morgan fingerprint density at radius 3 is 1.40 bits per heavy atom. The lowest BCUT2D eigenvalue weighted by Gasteiger charge is -2.14. The Hall–Kier alpha value is -1.10. The lowest BCUT2D eigenvalue weighted by Crippen LogP contribution is -1.86. The van der Waals surface area contributed by atoms with Gasteiger partial charge in [0.2, 0.25) is 0 Å². The third kappa shape index (κ3) is 7.35. The summed E-state index contributed by atoms with van der Waals surface area (Å²) in [6, 6.07) is 12.2. The van der Waals surface area contributed by atoms with Gasteiger partial charge in [-0.25, -0.2) is 0 Å². The quantitative estimate of drug-likeness (QED) is 0.277. The zero-order chi connectivity index (χ0) is 19.0. The SMILES string of the molecule is CO.O=[N+]([O-])c1ccc(SP(=S)(S)Sc2ccc([N+](=O)[O-])cc2)cc1. The molecule has 2 aromatic rings. The van der Waals surface area contributed by atoms with Gasteiger partial charge in [0.05, 0.1) is 9.85 Å². The maximum Gasteiger partial charge on any atom is 0.269 e. The zero-order valence-corrected chi connectivity index (χ0v) is 17.0. The van der Waals surface area contributed by atoms with Gasteiger partial charge >= 0.3 is 0 Å². The van der Waals surface area contributed by atoms with E-state index in [0.717, 1.165) is 16.9 Å². The fourth-order valence-corrected chi connectivity index (χ4v) is 10.2. The lowest BCUT2D eigenvalue weighted by molar-refractivity contribution is -0.385. The topological polar surface area (TPSA) is 107 Å². The van der Waals surface area contributed by atoms with Crippen molar-refractivity contribution in [2.24, 2.45) is 0 Å². The molecule has 12 heteroatoms. The number of aliphatic hydroxyl groups is 1. The summed E-state index contributed by atoms with van der Waals surface area (Å²) in [7, 11) is 1.00. The molecule has 134 valence electrons. The van der Waals surface area contributed by atoms with Gasteiger partial charge in [-0.15, -0.1) is 12.2 Å². The fourth-order valence-electron chi connectivity index (χ4n) is 1.54. The highest BCUT2D eigenvalue weighted by atomic mass is 33.5. The second-order valence-corrected chi connectivity index (χ2v) is 18.7. The maximum atomic E-state index is 10.6. The highest BCUT2D eigenvalue weighted by Gasteiger charge is 2.17. The summed E-state index contributed by atoms with van der Waals surface area (Å²) in [5, 5.41) is 28.3. The third-order valence-corrected chi connectivity index (χ3v) is 10.8. The molecule has 2 aromatic carbocycles. The van der Waals surface area contributed by atoms with Gasteiger partial charge in [-0.05, 0) is 24.3 Å². The molecule has 0 bridgehead atoms. The molecule has 0 aliphatic carbocycles. The van der Waals surface area contributed by atoms with E-state index in [2.05, 4.69) is 12.2 Å². The number of rotatable bonds is 6. The van der Waals surface area contributed by atoms with Crippen LogP contribution in [0.1, 0.15) is 0 Å². The van der Waals surface area contributed by atoms with Crippen LogP contribution in [0.5, 0.6) is 0 Å². The van der Waals surface area contributed by atoms with Gasteiger partial charge in [0.1, 0.15) is 3.64 Å². The number of benzene rings is 2. The summed E-state index contributed by atoms with van der Waals surface area (Å²) >= 11 is 12.8.